The molecule has 1 rings (SSSR count). The molecule has 0 bridgehead atoms. The molecule has 0 spiro atoms. The summed E-state index contributed by atoms with van der Waals surface area (Å²) in [6.07, 6.45) is 1.99. The van der Waals surface area contributed by atoms with Crippen LogP contribution in [0.3, 0.4) is 0 Å². The van der Waals surface area contributed by atoms with Gasteiger partial charge in [0.15, 0.2) is 5.82 Å². The summed E-state index contributed by atoms with van der Waals surface area (Å²) in [6, 6.07) is 0. The van der Waals surface area contributed by atoms with Crippen LogP contribution < -0.4 is 11.3 Å². The van der Waals surface area contributed by atoms with Gasteiger partial charge in [0.05, 0.1) is 25.1 Å². The van der Waals surface area contributed by atoms with Gasteiger partial charge >= 0.3 is 0 Å². The highest BCUT2D eigenvalue weighted by molar-refractivity contribution is 5.92. The van der Waals surface area contributed by atoms with E-state index >= 15 is 0 Å². The van der Waals surface area contributed by atoms with Crippen molar-refractivity contribution in [3.8, 4) is 0 Å². The summed E-state index contributed by atoms with van der Waals surface area (Å²) >= 11 is 0. The number of carbonyl (C=O) groups excluding carboxylic acids is 1. The number of hydrogen-bond donors (Lipinski definition) is 3. The van der Waals surface area contributed by atoms with Crippen molar-refractivity contribution in [1.29, 1.82) is 0 Å². The molecule has 1 atom stereocenters. The zero-order valence-corrected chi connectivity index (χ0v) is 10.3. The number of aromatic nitrogens is 2. The minimum atomic E-state index is -0.743. The number of rotatable bonds is 6. The molecule has 0 aliphatic heterocycles. The molecule has 0 fully saturated rings. The fourth-order valence-corrected chi connectivity index (χ4v) is 1.38. The van der Waals surface area contributed by atoms with Gasteiger partial charge < -0.3 is 20.2 Å². The molecule has 0 radical (unpaired) electrons. The van der Waals surface area contributed by atoms with Crippen molar-refractivity contribution >= 4 is 11.7 Å². The van der Waals surface area contributed by atoms with Crippen LogP contribution in [0.1, 0.15) is 10.5 Å². The topological polar surface area (TPSA) is 114 Å². The third-order valence-electron chi connectivity index (χ3n) is 2.19. The van der Waals surface area contributed by atoms with E-state index in [2.05, 4.69) is 15.4 Å². The monoisotopic (exact) mass is 255 g/mol. The number of carbonyl (C=O) groups is 1. The molecular formula is C10H17N5O3. The van der Waals surface area contributed by atoms with Gasteiger partial charge in [0.25, 0.3) is 5.91 Å². The molecule has 4 N–H and O–H groups in total. The normalized spacial score (nSPS) is 12.0. The predicted octanol–water partition coefficient (Wildman–Crippen LogP) is -1.16. The number of hydrazine groups is 1. The van der Waals surface area contributed by atoms with Crippen LogP contribution in [0.15, 0.2) is 12.4 Å². The number of anilines is 1. The quantitative estimate of drug-likeness (QED) is 0.434. The van der Waals surface area contributed by atoms with Crippen molar-refractivity contribution in [1.82, 2.24) is 14.9 Å². The highest BCUT2D eigenvalue weighted by Crippen LogP contribution is 2.04. The maximum Gasteiger partial charge on any atom is 0.273 e. The van der Waals surface area contributed by atoms with Crippen molar-refractivity contribution in [2.75, 3.05) is 32.7 Å². The Labute approximate surface area is 105 Å². The summed E-state index contributed by atoms with van der Waals surface area (Å²) in [7, 11) is 3.04. The van der Waals surface area contributed by atoms with Gasteiger partial charge in [-0.3, -0.25) is 9.78 Å². The lowest BCUT2D eigenvalue weighted by molar-refractivity contribution is 0.0378. The summed E-state index contributed by atoms with van der Waals surface area (Å²) < 4.78 is 4.78. The molecule has 1 unspecified atom stereocenters. The van der Waals surface area contributed by atoms with Gasteiger partial charge in [-0.05, 0) is 0 Å². The van der Waals surface area contributed by atoms with Crippen LogP contribution in [-0.2, 0) is 4.74 Å². The summed E-state index contributed by atoms with van der Waals surface area (Å²) in [5.74, 6) is 5.13. The van der Waals surface area contributed by atoms with Crippen molar-refractivity contribution < 1.29 is 14.6 Å². The van der Waals surface area contributed by atoms with Gasteiger partial charge in [-0.1, -0.05) is 0 Å². The SMILES string of the molecule is COCC(O)CN(C)C(=O)c1cncc(NN)n1. The molecule has 0 saturated heterocycles. The maximum absolute atomic E-state index is 12.0. The number of nitrogens with one attached hydrogen (secondary N) is 1. The van der Waals surface area contributed by atoms with E-state index in [1.807, 2.05) is 0 Å². The Morgan fingerprint density at radius 2 is 2.39 bits per heavy atom. The second kappa shape index (κ2) is 6.84. The van der Waals surface area contributed by atoms with Crippen LogP contribution in [0.2, 0.25) is 0 Å². The van der Waals surface area contributed by atoms with E-state index in [1.54, 1.807) is 7.05 Å². The van der Waals surface area contributed by atoms with Gasteiger partial charge in [-0.25, -0.2) is 10.8 Å². The zero-order chi connectivity index (χ0) is 13.5. The number of aliphatic hydroxyl groups excluding tert-OH is 1. The van der Waals surface area contributed by atoms with E-state index in [-0.39, 0.29) is 24.8 Å². The first kappa shape index (κ1) is 14.3. The minimum Gasteiger partial charge on any atom is -0.389 e. The molecule has 1 aromatic heterocycles. The summed E-state index contributed by atoms with van der Waals surface area (Å²) in [5, 5.41) is 9.53. The second-order valence-electron chi connectivity index (χ2n) is 3.73. The lowest BCUT2D eigenvalue weighted by Gasteiger charge is -2.20. The van der Waals surface area contributed by atoms with Crippen molar-refractivity contribution in [2.24, 2.45) is 5.84 Å². The fourth-order valence-electron chi connectivity index (χ4n) is 1.38. The number of likely N-dealkylation sites (N-methyl/N-ethyl adjacent to an activating group) is 1. The van der Waals surface area contributed by atoms with E-state index in [4.69, 9.17) is 10.6 Å². The standard InChI is InChI=1S/C10H17N5O3/c1-15(5-7(16)6-18-2)10(17)8-3-12-4-9(13-8)14-11/h3-4,7,16H,5-6,11H2,1-2H3,(H,13,14). The Hall–Kier alpha value is -1.77. The van der Waals surface area contributed by atoms with E-state index in [1.165, 1.54) is 24.4 Å². The number of ether oxygens (including phenoxy) is 1. The lowest BCUT2D eigenvalue weighted by atomic mass is 10.3. The van der Waals surface area contributed by atoms with Crippen LogP contribution in [0.25, 0.3) is 0 Å². The molecule has 1 amide bonds. The second-order valence-corrected chi connectivity index (χ2v) is 3.73. The smallest absolute Gasteiger partial charge is 0.273 e. The van der Waals surface area contributed by atoms with Gasteiger partial charge in [0.2, 0.25) is 0 Å². The van der Waals surface area contributed by atoms with Crippen molar-refractivity contribution in [2.45, 2.75) is 6.10 Å². The Kier molecular flexibility index (Phi) is 5.43. The first-order valence-corrected chi connectivity index (χ1v) is 5.29. The third-order valence-corrected chi connectivity index (χ3v) is 2.19. The van der Waals surface area contributed by atoms with Crippen LogP contribution >= 0.6 is 0 Å². The first-order valence-electron chi connectivity index (χ1n) is 5.29. The van der Waals surface area contributed by atoms with Gasteiger partial charge in [0.1, 0.15) is 5.69 Å². The number of aliphatic hydroxyl groups is 1. The van der Waals surface area contributed by atoms with E-state index in [0.717, 1.165) is 0 Å². The number of amides is 1. The molecule has 0 saturated carbocycles. The molecule has 1 aromatic rings. The Balaban J connectivity index is 2.67. The molecule has 0 aromatic carbocycles. The maximum atomic E-state index is 12.0. The highest BCUT2D eigenvalue weighted by Gasteiger charge is 2.17. The Bertz CT molecular complexity index is 401. The fraction of sp³-hybridized carbons (Fsp3) is 0.500. The van der Waals surface area contributed by atoms with E-state index in [9.17, 15) is 9.90 Å². The number of nitrogen functional groups attached to an aromatic ring is 1. The number of nitrogens with zero attached hydrogens (tertiary/aromatic N) is 3. The Morgan fingerprint density at radius 3 is 3.00 bits per heavy atom. The van der Waals surface area contributed by atoms with Gasteiger partial charge in [-0.2, -0.15) is 0 Å². The molecule has 100 valence electrons. The molecular weight excluding hydrogens is 238 g/mol. The van der Waals surface area contributed by atoms with E-state index in [0.29, 0.717) is 5.82 Å². The van der Waals surface area contributed by atoms with Crippen LogP contribution in [-0.4, -0.2) is 59.3 Å². The molecule has 18 heavy (non-hydrogen) atoms. The molecule has 8 nitrogen and oxygen atoms in total. The van der Waals surface area contributed by atoms with Crippen molar-refractivity contribution in [3.63, 3.8) is 0 Å². The molecule has 8 heteroatoms. The van der Waals surface area contributed by atoms with Crippen LogP contribution in [0.5, 0.6) is 0 Å². The average molecular weight is 255 g/mol. The lowest BCUT2D eigenvalue weighted by Crippen LogP contribution is -2.36. The summed E-state index contributed by atoms with van der Waals surface area (Å²) in [4.78, 5) is 21.1. The van der Waals surface area contributed by atoms with Gasteiger partial charge in [0, 0.05) is 20.7 Å². The van der Waals surface area contributed by atoms with Crippen LogP contribution in [0, 0.1) is 0 Å². The third kappa shape index (κ3) is 3.91. The average Bonchev–Trinajstić information content (AvgIpc) is 2.38. The van der Waals surface area contributed by atoms with Crippen molar-refractivity contribution in [3.05, 3.63) is 18.1 Å². The van der Waals surface area contributed by atoms with Gasteiger partial charge in [-0.15, -0.1) is 0 Å². The van der Waals surface area contributed by atoms with E-state index < -0.39 is 6.10 Å². The minimum absolute atomic E-state index is 0.147. The molecule has 0 aliphatic rings. The number of nitrogens with two attached hydrogens (primary N) is 1. The molecule has 0 aliphatic carbocycles. The highest BCUT2D eigenvalue weighted by atomic mass is 16.5. The van der Waals surface area contributed by atoms with Crippen LogP contribution in [0.4, 0.5) is 5.82 Å². The first-order chi connectivity index (χ1) is 8.58. The Morgan fingerprint density at radius 1 is 1.67 bits per heavy atom. The predicted molar refractivity (Wildman–Crippen MR) is 64.7 cm³/mol. The number of hydrogen-bond acceptors (Lipinski definition) is 7. The molecule has 1 heterocycles. The number of methoxy groups -OCH3 is 1. The summed E-state index contributed by atoms with van der Waals surface area (Å²) in [6.45, 7) is 0.308. The zero-order valence-electron chi connectivity index (χ0n) is 10.3. The largest absolute Gasteiger partial charge is 0.389 e. The summed E-state index contributed by atoms with van der Waals surface area (Å²) in [5.41, 5.74) is 2.46.